The lowest BCUT2D eigenvalue weighted by atomic mass is 10.0. The van der Waals surface area contributed by atoms with Gasteiger partial charge in [-0.2, -0.15) is 0 Å². The van der Waals surface area contributed by atoms with Crippen LogP contribution < -0.4 is 0 Å². The minimum absolute atomic E-state index is 0.0942. The highest BCUT2D eigenvalue weighted by Crippen LogP contribution is 2.32. The third-order valence-electron chi connectivity index (χ3n) is 2.70. The smallest absolute Gasteiger partial charge is 0.163 e. The highest BCUT2D eigenvalue weighted by Gasteiger charge is 2.40. The molecule has 0 N–H and O–H groups in total. The molecule has 3 heteroatoms. The molecule has 1 saturated heterocycles. The normalized spacial score (nSPS) is 29.3. The molecule has 15 heavy (non-hydrogen) atoms. The van der Waals surface area contributed by atoms with Crippen molar-refractivity contribution in [2.45, 2.75) is 70.9 Å². The van der Waals surface area contributed by atoms with Gasteiger partial charge in [-0.25, -0.2) is 0 Å². The van der Waals surface area contributed by atoms with Gasteiger partial charge in [-0.15, -0.1) is 0 Å². The summed E-state index contributed by atoms with van der Waals surface area (Å²) in [5, 5.41) is 0. The lowest BCUT2D eigenvalue weighted by Crippen LogP contribution is -2.22. The van der Waals surface area contributed by atoms with Gasteiger partial charge in [0.2, 0.25) is 0 Å². The summed E-state index contributed by atoms with van der Waals surface area (Å²) in [5.74, 6) is -0.480. The molecule has 1 rings (SSSR count). The van der Waals surface area contributed by atoms with Gasteiger partial charge in [-0.05, 0) is 26.7 Å². The Bertz CT molecular complexity index is 201. The first-order valence-electron chi connectivity index (χ1n) is 5.88. The third kappa shape index (κ3) is 3.92. The van der Waals surface area contributed by atoms with Gasteiger partial charge in [0.1, 0.15) is 6.29 Å². The van der Waals surface area contributed by atoms with Crippen LogP contribution in [0.25, 0.3) is 0 Å². The van der Waals surface area contributed by atoms with Crippen LogP contribution in [0.5, 0.6) is 0 Å². The van der Waals surface area contributed by atoms with E-state index in [1.807, 2.05) is 13.8 Å². The van der Waals surface area contributed by atoms with Crippen LogP contribution in [0, 0.1) is 0 Å². The molecule has 0 spiro atoms. The predicted octanol–water partition coefficient (Wildman–Crippen LogP) is 2.68. The number of rotatable bonds is 6. The van der Waals surface area contributed by atoms with E-state index in [0.29, 0.717) is 6.42 Å². The lowest BCUT2D eigenvalue weighted by Gasteiger charge is -2.16. The first-order chi connectivity index (χ1) is 7.09. The molecule has 0 unspecified atom stereocenters. The van der Waals surface area contributed by atoms with Gasteiger partial charge >= 0.3 is 0 Å². The number of ether oxygens (including phenoxy) is 2. The third-order valence-corrected chi connectivity index (χ3v) is 2.70. The summed E-state index contributed by atoms with van der Waals surface area (Å²) >= 11 is 0. The molecule has 0 radical (unpaired) electrons. The molecule has 0 aliphatic carbocycles. The van der Waals surface area contributed by atoms with Gasteiger partial charge in [-0.1, -0.05) is 19.8 Å². The molecule has 0 aromatic heterocycles. The van der Waals surface area contributed by atoms with E-state index in [1.54, 1.807) is 0 Å². The van der Waals surface area contributed by atoms with Crippen molar-refractivity contribution >= 4 is 6.29 Å². The molecule has 0 amide bonds. The van der Waals surface area contributed by atoms with E-state index >= 15 is 0 Å². The van der Waals surface area contributed by atoms with Crippen LogP contribution in [0.2, 0.25) is 0 Å². The Morgan fingerprint density at radius 2 is 1.80 bits per heavy atom. The number of carbonyl (C=O) groups excluding carboxylic acids is 1. The van der Waals surface area contributed by atoms with E-state index in [0.717, 1.165) is 25.5 Å². The second-order valence-corrected chi connectivity index (χ2v) is 4.60. The van der Waals surface area contributed by atoms with Gasteiger partial charge < -0.3 is 14.3 Å². The second-order valence-electron chi connectivity index (χ2n) is 4.60. The van der Waals surface area contributed by atoms with Crippen molar-refractivity contribution in [3.05, 3.63) is 0 Å². The number of carbonyl (C=O) groups is 1. The molecule has 0 saturated carbocycles. The van der Waals surface area contributed by atoms with Crippen molar-refractivity contribution in [3.63, 3.8) is 0 Å². The van der Waals surface area contributed by atoms with Crippen LogP contribution in [0.1, 0.15) is 52.9 Å². The summed E-state index contributed by atoms with van der Waals surface area (Å²) < 4.78 is 11.6. The van der Waals surface area contributed by atoms with Crippen LogP contribution in [-0.2, 0) is 14.3 Å². The lowest BCUT2D eigenvalue weighted by molar-refractivity contribution is -0.147. The summed E-state index contributed by atoms with van der Waals surface area (Å²) in [4.78, 5) is 10.3. The Morgan fingerprint density at radius 1 is 1.20 bits per heavy atom. The van der Waals surface area contributed by atoms with Crippen molar-refractivity contribution in [1.82, 2.24) is 0 Å². The summed E-state index contributed by atoms with van der Waals surface area (Å²) in [6.07, 6.45) is 5.91. The topological polar surface area (TPSA) is 35.5 Å². The molecule has 0 aromatic carbocycles. The zero-order valence-electron chi connectivity index (χ0n) is 9.99. The van der Waals surface area contributed by atoms with Crippen molar-refractivity contribution in [1.29, 1.82) is 0 Å². The number of unbranched alkanes of at least 4 members (excludes halogenated alkanes) is 1. The maximum Gasteiger partial charge on any atom is 0.163 e. The molecule has 0 aromatic rings. The van der Waals surface area contributed by atoms with Crippen LogP contribution in [0.3, 0.4) is 0 Å². The van der Waals surface area contributed by atoms with E-state index in [2.05, 4.69) is 6.92 Å². The Balaban J connectivity index is 2.45. The summed E-state index contributed by atoms with van der Waals surface area (Å²) in [5.41, 5.74) is 0. The summed E-state index contributed by atoms with van der Waals surface area (Å²) in [7, 11) is 0. The maximum absolute atomic E-state index is 10.3. The number of hydrogen-bond donors (Lipinski definition) is 0. The van der Waals surface area contributed by atoms with Crippen molar-refractivity contribution in [2.75, 3.05) is 0 Å². The molecule has 1 aliphatic heterocycles. The Morgan fingerprint density at radius 3 is 2.33 bits per heavy atom. The minimum Gasteiger partial charge on any atom is -0.345 e. The van der Waals surface area contributed by atoms with Crippen LogP contribution in [0.4, 0.5) is 0 Å². The van der Waals surface area contributed by atoms with Crippen LogP contribution in [-0.4, -0.2) is 24.3 Å². The fraction of sp³-hybridized carbons (Fsp3) is 0.917. The molecule has 1 aliphatic rings. The van der Waals surface area contributed by atoms with Gasteiger partial charge in [0, 0.05) is 6.42 Å². The average Bonchev–Trinajstić information content (AvgIpc) is 2.47. The summed E-state index contributed by atoms with van der Waals surface area (Å²) in [6.45, 7) is 6.04. The monoisotopic (exact) mass is 214 g/mol. The quantitative estimate of drug-likeness (QED) is 0.638. The number of aldehydes is 1. The predicted molar refractivity (Wildman–Crippen MR) is 58.6 cm³/mol. The molecular weight excluding hydrogens is 192 g/mol. The highest BCUT2D eigenvalue weighted by molar-refractivity contribution is 5.49. The Labute approximate surface area is 92.1 Å². The first-order valence-corrected chi connectivity index (χ1v) is 5.88. The van der Waals surface area contributed by atoms with Gasteiger partial charge in [0.25, 0.3) is 0 Å². The van der Waals surface area contributed by atoms with Crippen LogP contribution >= 0.6 is 0 Å². The molecule has 0 bridgehead atoms. The van der Waals surface area contributed by atoms with E-state index in [9.17, 15) is 4.79 Å². The van der Waals surface area contributed by atoms with Crippen molar-refractivity contribution < 1.29 is 14.3 Å². The van der Waals surface area contributed by atoms with E-state index < -0.39 is 5.79 Å². The summed E-state index contributed by atoms with van der Waals surface area (Å²) in [6, 6.07) is 0. The average molecular weight is 214 g/mol. The molecule has 3 nitrogen and oxygen atoms in total. The highest BCUT2D eigenvalue weighted by atomic mass is 16.7. The SMILES string of the molecule is CCCC[C@@H]1OC(C)(C)O[C@@H]1CCC=O. The van der Waals surface area contributed by atoms with Crippen molar-refractivity contribution in [2.24, 2.45) is 0 Å². The van der Waals surface area contributed by atoms with E-state index in [4.69, 9.17) is 9.47 Å². The zero-order chi connectivity index (χ0) is 11.3. The fourth-order valence-corrected chi connectivity index (χ4v) is 2.04. The van der Waals surface area contributed by atoms with Gasteiger partial charge in [0.15, 0.2) is 5.79 Å². The Kier molecular flexibility index (Phi) is 4.74. The largest absolute Gasteiger partial charge is 0.345 e. The molecule has 1 fully saturated rings. The molecule has 2 atom stereocenters. The second kappa shape index (κ2) is 5.61. The maximum atomic E-state index is 10.3. The molecule has 88 valence electrons. The zero-order valence-corrected chi connectivity index (χ0v) is 9.99. The van der Waals surface area contributed by atoms with E-state index in [1.165, 1.54) is 6.42 Å². The Hall–Kier alpha value is -0.410. The fourth-order valence-electron chi connectivity index (χ4n) is 2.04. The van der Waals surface area contributed by atoms with Gasteiger partial charge in [0.05, 0.1) is 12.2 Å². The van der Waals surface area contributed by atoms with Gasteiger partial charge in [-0.3, -0.25) is 0 Å². The first kappa shape index (κ1) is 12.7. The number of hydrogen-bond acceptors (Lipinski definition) is 3. The minimum atomic E-state index is -0.480. The standard InChI is InChI=1S/C12H22O3/c1-4-5-7-10-11(8-6-9-13)15-12(2,3)14-10/h9-11H,4-8H2,1-3H3/t10-,11+/m0/s1. The molecule has 1 heterocycles. The van der Waals surface area contributed by atoms with Crippen molar-refractivity contribution in [3.8, 4) is 0 Å². The van der Waals surface area contributed by atoms with E-state index in [-0.39, 0.29) is 12.2 Å². The molecular formula is C12H22O3. The van der Waals surface area contributed by atoms with Crippen LogP contribution in [0.15, 0.2) is 0 Å².